The molecule has 28 heavy (non-hydrogen) atoms. The summed E-state index contributed by atoms with van der Waals surface area (Å²) in [6.07, 6.45) is 1.55. The quantitative estimate of drug-likeness (QED) is 0.671. The summed E-state index contributed by atoms with van der Waals surface area (Å²) in [5, 5.41) is 0. The highest BCUT2D eigenvalue weighted by Crippen LogP contribution is 2.27. The van der Waals surface area contributed by atoms with Crippen LogP contribution in [0.1, 0.15) is 30.5 Å². The topological polar surface area (TPSA) is 57.7 Å². The van der Waals surface area contributed by atoms with Gasteiger partial charge in [0.2, 0.25) is 15.9 Å². The molecule has 0 aliphatic carbocycles. The van der Waals surface area contributed by atoms with E-state index in [-0.39, 0.29) is 13.1 Å². The predicted octanol–water partition coefficient (Wildman–Crippen LogP) is 3.34. The first kappa shape index (κ1) is 22.0. The van der Waals surface area contributed by atoms with Crippen molar-refractivity contribution in [2.24, 2.45) is 0 Å². The third-order valence-corrected chi connectivity index (χ3v) is 5.77. The zero-order valence-corrected chi connectivity index (χ0v) is 16.9. The van der Waals surface area contributed by atoms with Crippen LogP contribution in [0.15, 0.2) is 48.5 Å². The van der Waals surface area contributed by atoms with Gasteiger partial charge in [0, 0.05) is 13.6 Å². The number of carbonyl (C=O) groups is 1. The van der Waals surface area contributed by atoms with Crippen molar-refractivity contribution in [3.8, 4) is 0 Å². The van der Waals surface area contributed by atoms with E-state index in [4.69, 9.17) is 0 Å². The number of carbonyl (C=O) groups excluding carboxylic acids is 1. The van der Waals surface area contributed by atoms with Gasteiger partial charge in [-0.2, -0.15) is 4.31 Å². The molecule has 2 aromatic rings. The maximum absolute atomic E-state index is 13.6. The molecule has 0 aromatic heterocycles. The maximum atomic E-state index is 13.6. The largest absolute Gasteiger partial charge is 0.330 e. The van der Waals surface area contributed by atoms with Gasteiger partial charge in [-0.3, -0.25) is 4.79 Å². The van der Waals surface area contributed by atoms with E-state index in [1.54, 1.807) is 24.3 Å². The molecule has 0 fully saturated rings. The molecule has 152 valence electrons. The molecular formula is C20H24F2N2O3S. The minimum Gasteiger partial charge on any atom is -0.330 e. The van der Waals surface area contributed by atoms with Gasteiger partial charge in [-0.25, -0.2) is 17.2 Å². The number of halogens is 2. The highest BCUT2D eigenvalue weighted by Gasteiger charge is 2.27. The van der Waals surface area contributed by atoms with Gasteiger partial charge in [-0.15, -0.1) is 0 Å². The standard InChI is InChI=1S/C20H24F2N2O3S/c1-4-19(16-8-10-17(21)11-9-16)24(13-15-6-5-7-18(22)12-15)20(25)14-23(2)28(3,26)27/h5-12,19H,4,13-14H2,1-3H3. The third kappa shape index (κ3) is 5.84. The van der Waals surface area contributed by atoms with E-state index in [0.29, 0.717) is 12.0 Å². The van der Waals surface area contributed by atoms with Crippen molar-refractivity contribution in [3.63, 3.8) is 0 Å². The van der Waals surface area contributed by atoms with Gasteiger partial charge in [0.1, 0.15) is 11.6 Å². The van der Waals surface area contributed by atoms with Gasteiger partial charge in [0.15, 0.2) is 0 Å². The summed E-state index contributed by atoms with van der Waals surface area (Å²) >= 11 is 0. The van der Waals surface area contributed by atoms with Gasteiger partial charge in [-0.05, 0) is 41.8 Å². The molecule has 0 bridgehead atoms. The summed E-state index contributed by atoms with van der Waals surface area (Å²) in [6, 6.07) is 11.3. The highest BCUT2D eigenvalue weighted by molar-refractivity contribution is 7.88. The fraction of sp³-hybridized carbons (Fsp3) is 0.350. The fourth-order valence-corrected chi connectivity index (χ4v) is 3.27. The molecule has 1 atom stereocenters. The van der Waals surface area contributed by atoms with E-state index in [2.05, 4.69) is 0 Å². The van der Waals surface area contributed by atoms with Crippen molar-refractivity contribution in [2.75, 3.05) is 19.8 Å². The Morgan fingerprint density at radius 1 is 1.07 bits per heavy atom. The van der Waals surface area contributed by atoms with Crippen LogP contribution in [-0.4, -0.2) is 43.4 Å². The van der Waals surface area contributed by atoms with Crippen LogP contribution in [0.4, 0.5) is 8.78 Å². The Hall–Kier alpha value is -2.32. The second-order valence-corrected chi connectivity index (χ2v) is 8.74. The SMILES string of the molecule is CCC(c1ccc(F)cc1)N(Cc1cccc(F)c1)C(=O)CN(C)S(C)(=O)=O. The zero-order chi connectivity index (χ0) is 20.9. The molecule has 0 aliphatic heterocycles. The van der Waals surface area contributed by atoms with Crippen LogP contribution < -0.4 is 0 Å². The monoisotopic (exact) mass is 410 g/mol. The van der Waals surface area contributed by atoms with Crippen molar-refractivity contribution in [1.82, 2.24) is 9.21 Å². The van der Waals surface area contributed by atoms with Crippen LogP contribution in [0.5, 0.6) is 0 Å². The Bertz CT molecular complexity index is 917. The molecule has 0 radical (unpaired) electrons. The van der Waals surface area contributed by atoms with Gasteiger partial charge in [0.25, 0.3) is 0 Å². The molecule has 5 nitrogen and oxygen atoms in total. The normalized spacial score (nSPS) is 12.8. The number of hydrogen-bond donors (Lipinski definition) is 0. The molecular weight excluding hydrogens is 386 g/mol. The lowest BCUT2D eigenvalue weighted by Gasteiger charge is -2.33. The summed E-state index contributed by atoms with van der Waals surface area (Å²) in [4.78, 5) is 14.5. The van der Waals surface area contributed by atoms with Crippen molar-refractivity contribution >= 4 is 15.9 Å². The van der Waals surface area contributed by atoms with E-state index >= 15 is 0 Å². The fourth-order valence-electron chi connectivity index (χ4n) is 2.92. The lowest BCUT2D eigenvalue weighted by Crippen LogP contribution is -2.42. The smallest absolute Gasteiger partial charge is 0.238 e. The van der Waals surface area contributed by atoms with E-state index < -0.39 is 33.6 Å². The maximum Gasteiger partial charge on any atom is 0.238 e. The second-order valence-electron chi connectivity index (χ2n) is 6.65. The minimum absolute atomic E-state index is 0.101. The van der Waals surface area contributed by atoms with Crippen molar-refractivity contribution in [2.45, 2.75) is 25.9 Å². The van der Waals surface area contributed by atoms with Crippen LogP contribution in [0.25, 0.3) is 0 Å². The summed E-state index contributed by atoms with van der Waals surface area (Å²) in [7, 11) is -2.21. The van der Waals surface area contributed by atoms with Gasteiger partial charge in [-0.1, -0.05) is 31.2 Å². The zero-order valence-electron chi connectivity index (χ0n) is 16.1. The summed E-state index contributed by atoms with van der Waals surface area (Å²) in [5.41, 5.74) is 1.30. The van der Waals surface area contributed by atoms with E-state index in [0.717, 1.165) is 16.1 Å². The number of hydrogen-bond acceptors (Lipinski definition) is 3. The van der Waals surface area contributed by atoms with Crippen LogP contribution in [0.2, 0.25) is 0 Å². The summed E-state index contributed by atoms with van der Waals surface area (Å²) < 4.78 is 51.3. The molecule has 1 amide bonds. The molecule has 0 heterocycles. The first-order valence-electron chi connectivity index (χ1n) is 8.82. The molecule has 2 aromatic carbocycles. The molecule has 0 saturated carbocycles. The summed E-state index contributed by atoms with van der Waals surface area (Å²) in [6.45, 7) is 1.64. The van der Waals surface area contributed by atoms with E-state index in [1.807, 2.05) is 6.92 Å². The van der Waals surface area contributed by atoms with E-state index in [1.165, 1.54) is 36.2 Å². The van der Waals surface area contributed by atoms with Gasteiger partial charge >= 0.3 is 0 Å². The Kier molecular flexibility index (Phi) is 7.26. The Morgan fingerprint density at radius 3 is 2.25 bits per heavy atom. The summed E-state index contributed by atoms with van der Waals surface area (Å²) in [5.74, 6) is -1.24. The van der Waals surface area contributed by atoms with Crippen molar-refractivity contribution < 1.29 is 22.0 Å². The van der Waals surface area contributed by atoms with Crippen molar-refractivity contribution in [1.29, 1.82) is 0 Å². The molecule has 0 saturated heterocycles. The van der Waals surface area contributed by atoms with Crippen LogP contribution in [0, 0.1) is 11.6 Å². The first-order valence-corrected chi connectivity index (χ1v) is 10.7. The number of likely N-dealkylation sites (N-methyl/N-ethyl adjacent to an activating group) is 1. The molecule has 0 N–H and O–H groups in total. The second kappa shape index (κ2) is 9.25. The Morgan fingerprint density at radius 2 is 1.71 bits per heavy atom. The Balaban J connectivity index is 2.38. The van der Waals surface area contributed by atoms with Crippen LogP contribution >= 0.6 is 0 Å². The van der Waals surface area contributed by atoms with Crippen molar-refractivity contribution in [3.05, 3.63) is 71.3 Å². The van der Waals surface area contributed by atoms with Crippen LogP contribution in [-0.2, 0) is 21.4 Å². The average molecular weight is 410 g/mol. The minimum atomic E-state index is -3.54. The molecule has 8 heteroatoms. The molecule has 1 unspecified atom stereocenters. The highest BCUT2D eigenvalue weighted by atomic mass is 32.2. The third-order valence-electron chi connectivity index (χ3n) is 4.50. The number of benzene rings is 2. The predicted molar refractivity (Wildman–Crippen MR) is 104 cm³/mol. The molecule has 2 rings (SSSR count). The number of rotatable bonds is 8. The average Bonchev–Trinajstić information content (AvgIpc) is 2.62. The number of amides is 1. The molecule has 0 spiro atoms. The van der Waals surface area contributed by atoms with E-state index in [9.17, 15) is 22.0 Å². The molecule has 0 aliphatic rings. The number of nitrogens with zero attached hydrogens (tertiary/aromatic N) is 2. The number of sulfonamides is 1. The Labute approximate surface area is 164 Å². The lowest BCUT2D eigenvalue weighted by atomic mass is 10.0. The lowest BCUT2D eigenvalue weighted by molar-refractivity contribution is -0.134. The van der Waals surface area contributed by atoms with Gasteiger partial charge in [0.05, 0.1) is 18.8 Å². The van der Waals surface area contributed by atoms with Gasteiger partial charge < -0.3 is 4.90 Å². The van der Waals surface area contributed by atoms with Crippen LogP contribution in [0.3, 0.4) is 0 Å². The first-order chi connectivity index (χ1) is 13.1.